The normalized spacial score (nSPS) is 18.1. The van der Waals surface area contributed by atoms with Crippen molar-refractivity contribution in [3.63, 3.8) is 0 Å². The molecule has 1 aliphatic rings. The summed E-state index contributed by atoms with van der Waals surface area (Å²) in [7, 11) is 3.33. The molecule has 5 heteroatoms. The molecule has 1 rings (SSSR count). The average molecular weight is 228 g/mol. The number of hydrogen-bond acceptors (Lipinski definition) is 4. The van der Waals surface area contributed by atoms with Crippen LogP contribution in [0.3, 0.4) is 0 Å². The lowest BCUT2D eigenvalue weighted by molar-refractivity contribution is -0.152. The molecule has 0 aromatic heterocycles. The highest BCUT2D eigenvalue weighted by atomic mass is 16.5. The van der Waals surface area contributed by atoms with Crippen molar-refractivity contribution in [2.24, 2.45) is 5.92 Å². The molecule has 0 aliphatic carbocycles. The monoisotopic (exact) mass is 228 g/mol. The molecular weight excluding hydrogens is 208 g/mol. The molecule has 1 saturated heterocycles. The van der Waals surface area contributed by atoms with E-state index in [0.717, 1.165) is 19.5 Å². The highest BCUT2D eigenvalue weighted by molar-refractivity contribution is 6.32. The molecule has 0 atom stereocenters. The quantitative estimate of drug-likeness (QED) is 0.546. The molecule has 0 spiro atoms. The summed E-state index contributed by atoms with van der Waals surface area (Å²) in [6, 6.07) is 0. The van der Waals surface area contributed by atoms with Crippen LogP contribution in [-0.4, -0.2) is 50.6 Å². The minimum absolute atomic E-state index is 0.558. The number of nitrogens with one attached hydrogen (secondary N) is 1. The fourth-order valence-electron chi connectivity index (χ4n) is 1.91. The number of esters is 1. The number of rotatable bonds is 3. The second kappa shape index (κ2) is 6.48. The lowest BCUT2D eigenvalue weighted by Gasteiger charge is -2.28. The smallest absolute Gasteiger partial charge is 0.396 e. The van der Waals surface area contributed by atoms with Gasteiger partial charge in [0, 0.05) is 6.54 Å². The molecular formula is C11H20N2O3. The van der Waals surface area contributed by atoms with E-state index in [9.17, 15) is 9.59 Å². The summed E-state index contributed by atoms with van der Waals surface area (Å²) in [5, 5.41) is 2.56. The van der Waals surface area contributed by atoms with Crippen LogP contribution in [0.5, 0.6) is 0 Å². The number of carbonyl (C=O) groups is 2. The minimum atomic E-state index is -0.816. The van der Waals surface area contributed by atoms with Gasteiger partial charge in [0.2, 0.25) is 0 Å². The molecule has 0 saturated carbocycles. The number of ether oxygens (including phenoxy) is 1. The van der Waals surface area contributed by atoms with Crippen molar-refractivity contribution < 1.29 is 14.3 Å². The summed E-state index contributed by atoms with van der Waals surface area (Å²) in [5.41, 5.74) is 0. The van der Waals surface area contributed by atoms with Crippen molar-refractivity contribution in [2.45, 2.75) is 19.3 Å². The van der Waals surface area contributed by atoms with E-state index in [2.05, 4.69) is 22.0 Å². The first-order valence-corrected chi connectivity index (χ1v) is 5.68. The molecule has 1 fully saturated rings. The molecule has 1 N–H and O–H groups in total. The predicted octanol–water partition coefficient (Wildman–Crippen LogP) is 0.00750. The summed E-state index contributed by atoms with van der Waals surface area (Å²) < 4.78 is 4.31. The van der Waals surface area contributed by atoms with E-state index in [1.54, 1.807) is 0 Å². The van der Waals surface area contributed by atoms with Crippen LogP contribution in [0.15, 0.2) is 0 Å². The van der Waals surface area contributed by atoms with Gasteiger partial charge in [-0.15, -0.1) is 0 Å². The van der Waals surface area contributed by atoms with E-state index in [1.165, 1.54) is 20.0 Å². The predicted molar refractivity (Wildman–Crippen MR) is 59.9 cm³/mol. The number of likely N-dealkylation sites (tertiary alicyclic amines) is 1. The fourth-order valence-corrected chi connectivity index (χ4v) is 1.91. The van der Waals surface area contributed by atoms with Crippen LogP contribution in [0, 0.1) is 5.92 Å². The Morgan fingerprint density at radius 3 is 2.56 bits per heavy atom. The van der Waals surface area contributed by atoms with Crippen LogP contribution in [0.4, 0.5) is 0 Å². The summed E-state index contributed by atoms with van der Waals surface area (Å²) in [6.07, 6.45) is 3.28. The highest BCUT2D eigenvalue weighted by Crippen LogP contribution is 2.18. The largest absolute Gasteiger partial charge is 0.462 e. The van der Waals surface area contributed by atoms with E-state index in [1.807, 2.05) is 0 Å². The molecule has 1 aliphatic heterocycles. The summed E-state index contributed by atoms with van der Waals surface area (Å²) in [5.74, 6) is -0.798. The topological polar surface area (TPSA) is 58.6 Å². The van der Waals surface area contributed by atoms with Gasteiger partial charge >= 0.3 is 11.9 Å². The van der Waals surface area contributed by atoms with Gasteiger partial charge in [-0.1, -0.05) is 0 Å². The molecule has 0 aromatic carbocycles. The van der Waals surface area contributed by atoms with Crippen LogP contribution in [-0.2, 0) is 14.3 Å². The summed E-state index contributed by atoms with van der Waals surface area (Å²) in [6.45, 7) is 2.80. The number of methoxy groups -OCH3 is 1. The van der Waals surface area contributed by atoms with E-state index >= 15 is 0 Å². The average Bonchev–Trinajstić information content (AvgIpc) is 2.30. The van der Waals surface area contributed by atoms with Gasteiger partial charge in [0.05, 0.1) is 7.11 Å². The molecule has 0 aromatic rings. The number of amides is 1. The molecule has 1 heterocycles. The number of hydrogen-bond donors (Lipinski definition) is 1. The molecule has 0 radical (unpaired) electrons. The third-order valence-electron chi connectivity index (χ3n) is 3.05. The molecule has 0 bridgehead atoms. The Labute approximate surface area is 96.1 Å². The Bertz CT molecular complexity index is 248. The molecule has 0 unspecified atom stereocenters. The van der Waals surface area contributed by atoms with E-state index in [-0.39, 0.29) is 0 Å². The highest BCUT2D eigenvalue weighted by Gasteiger charge is 2.17. The van der Waals surface area contributed by atoms with Crippen LogP contribution in [0.25, 0.3) is 0 Å². The van der Waals surface area contributed by atoms with Crippen LogP contribution in [0.1, 0.15) is 19.3 Å². The van der Waals surface area contributed by atoms with Gasteiger partial charge in [-0.2, -0.15) is 0 Å². The van der Waals surface area contributed by atoms with Crippen LogP contribution >= 0.6 is 0 Å². The third-order valence-corrected chi connectivity index (χ3v) is 3.05. The van der Waals surface area contributed by atoms with Crippen molar-refractivity contribution in [3.8, 4) is 0 Å². The van der Waals surface area contributed by atoms with Gasteiger partial charge in [-0.3, -0.25) is 4.79 Å². The zero-order valence-electron chi connectivity index (χ0n) is 9.99. The number of carbonyl (C=O) groups excluding carboxylic acids is 2. The van der Waals surface area contributed by atoms with Gasteiger partial charge in [-0.25, -0.2) is 4.79 Å². The standard InChI is InChI=1S/C11H20N2O3/c1-13-7-4-9(5-8-13)3-6-12-10(14)11(15)16-2/h9H,3-8H2,1-2H3,(H,12,14). The van der Waals surface area contributed by atoms with E-state index in [4.69, 9.17) is 0 Å². The van der Waals surface area contributed by atoms with Gasteiger partial charge < -0.3 is 15.0 Å². The van der Waals surface area contributed by atoms with Crippen molar-refractivity contribution in [2.75, 3.05) is 33.8 Å². The fraction of sp³-hybridized carbons (Fsp3) is 0.818. The first kappa shape index (κ1) is 13.0. The van der Waals surface area contributed by atoms with E-state index in [0.29, 0.717) is 12.5 Å². The molecule has 92 valence electrons. The van der Waals surface area contributed by atoms with E-state index < -0.39 is 11.9 Å². The lowest BCUT2D eigenvalue weighted by Crippen LogP contribution is -2.35. The van der Waals surface area contributed by atoms with Crippen LogP contribution in [0.2, 0.25) is 0 Å². The number of piperidine rings is 1. The maximum Gasteiger partial charge on any atom is 0.396 e. The van der Waals surface area contributed by atoms with Gasteiger partial charge in [0.25, 0.3) is 0 Å². The first-order valence-electron chi connectivity index (χ1n) is 5.68. The minimum Gasteiger partial charge on any atom is -0.462 e. The Balaban J connectivity index is 2.11. The first-order chi connectivity index (χ1) is 7.63. The molecule has 16 heavy (non-hydrogen) atoms. The Kier molecular flexibility index (Phi) is 5.25. The SMILES string of the molecule is COC(=O)C(=O)NCCC1CCN(C)CC1. The van der Waals surface area contributed by atoms with Gasteiger partial charge in [-0.05, 0) is 45.3 Å². The second-order valence-corrected chi connectivity index (χ2v) is 4.28. The maximum atomic E-state index is 11.1. The zero-order valence-corrected chi connectivity index (χ0v) is 9.99. The van der Waals surface area contributed by atoms with Crippen molar-refractivity contribution in [1.82, 2.24) is 10.2 Å². The van der Waals surface area contributed by atoms with Crippen molar-refractivity contribution in [3.05, 3.63) is 0 Å². The third kappa shape index (κ3) is 4.18. The van der Waals surface area contributed by atoms with Gasteiger partial charge in [0.15, 0.2) is 0 Å². The maximum absolute atomic E-state index is 11.1. The Morgan fingerprint density at radius 2 is 2.00 bits per heavy atom. The Hall–Kier alpha value is -1.10. The van der Waals surface area contributed by atoms with Crippen LogP contribution < -0.4 is 5.32 Å². The van der Waals surface area contributed by atoms with Crippen molar-refractivity contribution >= 4 is 11.9 Å². The molecule has 1 amide bonds. The second-order valence-electron chi connectivity index (χ2n) is 4.28. The number of nitrogens with zero attached hydrogens (tertiary/aromatic N) is 1. The molecule has 5 nitrogen and oxygen atoms in total. The summed E-state index contributed by atoms with van der Waals surface area (Å²) in [4.78, 5) is 24.2. The summed E-state index contributed by atoms with van der Waals surface area (Å²) >= 11 is 0. The zero-order chi connectivity index (χ0) is 12.0. The van der Waals surface area contributed by atoms with Gasteiger partial charge in [0.1, 0.15) is 0 Å². The Morgan fingerprint density at radius 1 is 1.38 bits per heavy atom. The lowest BCUT2D eigenvalue weighted by atomic mass is 9.94. The van der Waals surface area contributed by atoms with Crippen molar-refractivity contribution in [1.29, 1.82) is 0 Å².